The van der Waals surface area contributed by atoms with Gasteiger partial charge in [0.25, 0.3) is 5.91 Å². The van der Waals surface area contributed by atoms with Crippen LogP contribution in [0.4, 0.5) is 0 Å². The number of aryl methyl sites for hydroxylation is 1. The molecule has 2 aliphatic heterocycles. The van der Waals surface area contributed by atoms with Crippen LogP contribution in [0.2, 0.25) is 0 Å². The number of fused-ring (bicyclic) bond motifs is 1. The predicted molar refractivity (Wildman–Crippen MR) is 114 cm³/mol. The molecule has 2 aromatic rings. The van der Waals surface area contributed by atoms with Crippen LogP contribution in [0.3, 0.4) is 0 Å². The number of hydrogen-bond acceptors (Lipinski definition) is 5. The lowest BCUT2D eigenvalue weighted by molar-refractivity contribution is -0.131. The van der Waals surface area contributed by atoms with Crippen molar-refractivity contribution in [3.8, 4) is 0 Å². The van der Waals surface area contributed by atoms with Gasteiger partial charge in [-0.05, 0) is 37.8 Å². The molecule has 2 atom stereocenters. The fourth-order valence-electron chi connectivity index (χ4n) is 5.74. The number of amides is 2. The van der Waals surface area contributed by atoms with Crippen LogP contribution in [-0.2, 0) is 10.2 Å². The Kier molecular flexibility index (Phi) is 5.28. The summed E-state index contributed by atoms with van der Waals surface area (Å²) in [4.78, 5) is 34.7. The van der Waals surface area contributed by atoms with Gasteiger partial charge in [0.2, 0.25) is 11.8 Å². The van der Waals surface area contributed by atoms with Crippen LogP contribution in [0.15, 0.2) is 34.9 Å². The third-order valence-electron chi connectivity index (χ3n) is 7.41. The number of likely N-dealkylation sites (tertiary alicyclic amines) is 2. The third-order valence-corrected chi connectivity index (χ3v) is 7.41. The van der Waals surface area contributed by atoms with Gasteiger partial charge in [0.1, 0.15) is 0 Å². The molecule has 3 aliphatic rings. The molecule has 0 N–H and O–H groups in total. The van der Waals surface area contributed by atoms with E-state index in [9.17, 15) is 9.59 Å². The first kappa shape index (κ1) is 20.2. The largest absolute Gasteiger partial charge is 0.341 e. The Bertz CT molecular complexity index is 953. The van der Waals surface area contributed by atoms with Crippen LogP contribution < -0.4 is 0 Å². The zero-order valence-corrected chi connectivity index (χ0v) is 18.1. The van der Waals surface area contributed by atoms with E-state index in [4.69, 9.17) is 4.52 Å². The summed E-state index contributed by atoms with van der Waals surface area (Å²) in [5, 5.41) is 4.01. The molecular weight excluding hydrogens is 392 g/mol. The fourth-order valence-corrected chi connectivity index (χ4v) is 5.74. The van der Waals surface area contributed by atoms with Gasteiger partial charge in [0.15, 0.2) is 5.82 Å². The van der Waals surface area contributed by atoms with Crippen LogP contribution in [0.5, 0.6) is 0 Å². The molecule has 1 aromatic heterocycles. The van der Waals surface area contributed by atoms with Crippen molar-refractivity contribution in [3.05, 3.63) is 47.6 Å². The van der Waals surface area contributed by atoms with Crippen LogP contribution in [0.1, 0.15) is 60.6 Å². The summed E-state index contributed by atoms with van der Waals surface area (Å²) in [5.41, 5.74) is 0.207. The molecule has 3 fully saturated rings. The maximum atomic E-state index is 13.1. The Morgan fingerprint density at radius 1 is 1.06 bits per heavy atom. The van der Waals surface area contributed by atoms with Gasteiger partial charge in [-0.25, -0.2) is 0 Å². The van der Waals surface area contributed by atoms with E-state index in [1.165, 1.54) is 19.3 Å². The summed E-state index contributed by atoms with van der Waals surface area (Å²) >= 11 is 0. The van der Waals surface area contributed by atoms with Crippen molar-refractivity contribution in [2.45, 2.75) is 50.9 Å². The second-order valence-electron chi connectivity index (χ2n) is 9.53. The molecule has 7 heteroatoms. The Hall–Kier alpha value is -2.70. The second kappa shape index (κ2) is 8.09. The summed E-state index contributed by atoms with van der Waals surface area (Å²) in [7, 11) is 0. The van der Waals surface area contributed by atoms with Crippen molar-refractivity contribution in [3.63, 3.8) is 0 Å². The number of carbonyl (C=O) groups excluding carboxylic acids is 2. The van der Waals surface area contributed by atoms with Gasteiger partial charge in [-0.15, -0.1) is 0 Å². The van der Waals surface area contributed by atoms with Crippen molar-refractivity contribution < 1.29 is 14.1 Å². The first-order valence-corrected chi connectivity index (χ1v) is 11.5. The lowest BCUT2D eigenvalue weighted by atomic mass is 9.81. The molecule has 1 aromatic carbocycles. The minimum absolute atomic E-state index is 0.0192. The van der Waals surface area contributed by atoms with E-state index in [0.29, 0.717) is 55.8 Å². The minimum Gasteiger partial charge on any atom is -0.341 e. The van der Waals surface area contributed by atoms with E-state index < -0.39 is 5.41 Å². The molecule has 1 aliphatic carbocycles. The highest BCUT2D eigenvalue weighted by atomic mass is 16.5. The minimum atomic E-state index is -0.478. The van der Waals surface area contributed by atoms with Gasteiger partial charge in [0, 0.05) is 44.1 Å². The monoisotopic (exact) mass is 422 g/mol. The molecule has 0 radical (unpaired) electrons. The van der Waals surface area contributed by atoms with Crippen molar-refractivity contribution >= 4 is 11.8 Å². The smallest absolute Gasteiger partial charge is 0.253 e. The average Bonchev–Trinajstić information content (AvgIpc) is 3.47. The molecule has 2 saturated heterocycles. The van der Waals surface area contributed by atoms with Crippen molar-refractivity contribution in [2.75, 3.05) is 26.2 Å². The van der Waals surface area contributed by atoms with Gasteiger partial charge in [-0.3, -0.25) is 9.59 Å². The quantitative estimate of drug-likeness (QED) is 0.756. The highest BCUT2D eigenvalue weighted by molar-refractivity contribution is 5.94. The maximum Gasteiger partial charge on any atom is 0.253 e. The van der Waals surface area contributed by atoms with Crippen molar-refractivity contribution in [1.29, 1.82) is 0 Å². The van der Waals surface area contributed by atoms with Crippen molar-refractivity contribution in [2.24, 2.45) is 11.8 Å². The lowest BCUT2D eigenvalue weighted by Gasteiger charge is -2.28. The predicted octanol–water partition coefficient (Wildman–Crippen LogP) is 3.20. The van der Waals surface area contributed by atoms with Gasteiger partial charge < -0.3 is 14.3 Å². The Balaban J connectivity index is 1.36. The Morgan fingerprint density at radius 3 is 2.48 bits per heavy atom. The van der Waals surface area contributed by atoms with Gasteiger partial charge >= 0.3 is 0 Å². The maximum absolute atomic E-state index is 13.1. The number of aromatic nitrogens is 2. The average molecular weight is 423 g/mol. The van der Waals surface area contributed by atoms with Gasteiger partial charge in [-0.1, -0.05) is 42.6 Å². The van der Waals surface area contributed by atoms with E-state index in [0.717, 1.165) is 12.8 Å². The zero-order valence-electron chi connectivity index (χ0n) is 18.1. The number of carbonyl (C=O) groups is 2. The first-order chi connectivity index (χ1) is 15.0. The van der Waals surface area contributed by atoms with Gasteiger partial charge in [0.05, 0.1) is 5.41 Å². The zero-order chi connectivity index (χ0) is 21.4. The fraction of sp³-hybridized carbons (Fsp3) is 0.583. The molecule has 3 heterocycles. The summed E-state index contributed by atoms with van der Waals surface area (Å²) in [6.45, 7) is 4.10. The molecule has 0 unspecified atom stereocenters. The molecule has 0 spiro atoms. The summed E-state index contributed by atoms with van der Waals surface area (Å²) in [6, 6.07) is 9.37. The second-order valence-corrected chi connectivity index (χ2v) is 9.53. The topological polar surface area (TPSA) is 79.5 Å². The van der Waals surface area contributed by atoms with E-state index in [-0.39, 0.29) is 17.7 Å². The van der Waals surface area contributed by atoms with Crippen LogP contribution >= 0.6 is 0 Å². The van der Waals surface area contributed by atoms with Crippen LogP contribution in [-0.4, -0.2) is 57.9 Å². The van der Waals surface area contributed by atoms with E-state index in [1.54, 1.807) is 6.92 Å². The van der Waals surface area contributed by atoms with Crippen LogP contribution in [0.25, 0.3) is 0 Å². The normalized spacial score (nSPS) is 26.3. The molecule has 2 amide bonds. The SMILES string of the molecule is Cc1noc([C@]23CN(C(=O)CC4CCCCC4)C[C@H]2CN(C(=O)c2ccccc2)C3)n1. The Morgan fingerprint density at radius 2 is 1.77 bits per heavy atom. The lowest BCUT2D eigenvalue weighted by Crippen LogP contribution is -2.41. The first-order valence-electron chi connectivity index (χ1n) is 11.5. The molecular formula is C24H30N4O3. The van der Waals surface area contributed by atoms with E-state index in [2.05, 4.69) is 10.1 Å². The number of nitrogens with zero attached hydrogens (tertiary/aromatic N) is 4. The summed E-state index contributed by atoms with van der Waals surface area (Å²) in [6.07, 6.45) is 6.73. The van der Waals surface area contributed by atoms with Gasteiger partial charge in [-0.2, -0.15) is 4.98 Å². The molecule has 7 nitrogen and oxygen atoms in total. The molecule has 0 bridgehead atoms. The van der Waals surface area contributed by atoms with Crippen LogP contribution in [0, 0.1) is 18.8 Å². The highest BCUT2D eigenvalue weighted by Crippen LogP contribution is 2.45. The van der Waals surface area contributed by atoms with E-state index >= 15 is 0 Å². The molecule has 5 rings (SSSR count). The number of hydrogen-bond donors (Lipinski definition) is 0. The summed E-state index contributed by atoms with van der Waals surface area (Å²) < 4.78 is 5.63. The standard InChI is InChI=1S/C24H30N4O3/c1-17-25-23(31-26-17)24-15-27(21(29)12-18-8-4-2-5-9-18)13-20(24)14-28(16-24)22(30)19-10-6-3-7-11-19/h3,6-7,10-11,18,20H,2,4-5,8-9,12-16H2,1H3/t20-,24-/m0/s1. The Labute approximate surface area is 182 Å². The van der Waals surface area contributed by atoms with Crippen molar-refractivity contribution in [1.82, 2.24) is 19.9 Å². The molecule has 31 heavy (non-hydrogen) atoms. The molecule has 1 saturated carbocycles. The summed E-state index contributed by atoms with van der Waals surface area (Å²) in [5.74, 6) is 2.02. The third kappa shape index (κ3) is 3.75. The highest BCUT2D eigenvalue weighted by Gasteiger charge is 2.58. The molecule has 164 valence electrons. The number of benzene rings is 1. The number of rotatable bonds is 4. The van der Waals surface area contributed by atoms with E-state index in [1.807, 2.05) is 40.1 Å².